The minimum Gasteiger partial charge on any atom is -0.382 e. The Kier molecular flexibility index (Phi) is 5.95. The largest absolute Gasteiger partial charge is 0.382 e. The van der Waals surface area contributed by atoms with Gasteiger partial charge in [-0.1, -0.05) is 15.9 Å². The molecule has 0 saturated carbocycles. The molecule has 1 unspecified atom stereocenters. The van der Waals surface area contributed by atoms with Gasteiger partial charge in [0.15, 0.2) is 0 Å². The molecule has 1 aromatic carbocycles. The van der Waals surface area contributed by atoms with Gasteiger partial charge in [-0.3, -0.25) is 0 Å². The normalized spacial score (nSPS) is 12.8. The summed E-state index contributed by atoms with van der Waals surface area (Å²) in [5.74, 6) is -0.243. The van der Waals surface area contributed by atoms with E-state index in [-0.39, 0.29) is 11.9 Å². The highest BCUT2D eigenvalue weighted by molar-refractivity contribution is 9.10. The van der Waals surface area contributed by atoms with Gasteiger partial charge in [-0.15, -0.1) is 0 Å². The molecule has 0 aromatic heterocycles. The fraction of sp³-hybridized carbons (Fsp3) is 0.500. The van der Waals surface area contributed by atoms with Gasteiger partial charge in [0.05, 0.1) is 0 Å². The van der Waals surface area contributed by atoms with Crippen LogP contribution in [0.4, 0.5) is 4.39 Å². The van der Waals surface area contributed by atoms with Gasteiger partial charge in [0.1, 0.15) is 5.82 Å². The number of rotatable bonds is 6. The summed E-state index contributed by atoms with van der Waals surface area (Å²) in [6.45, 7) is 3.34. The SMILES string of the molecule is CCOCCCC(N)c1cc(Br)ccc1F. The molecule has 0 aliphatic rings. The molecule has 1 atom stereocenters. The lowest BCUT2D eigenvalue weighted by atomic mass is 10.0. The zero-order valence-electron chi connectivity index (χ0n) is 9.38. The van der Waals surface area contributed by atoms with Crippen LogP contribution in [0.2, 0.25) is 0 Å². The van der Waals surface area contributed by atoms with Gasteiger partial charge in [-0.25, -0.2) is 4.39 Å². The lowest BCUT2D eigenvalue weighted by Gasteiger charge is -2.13. The standard InChI is InChI=1S/C12H17BrFNO/c1-2-16-7-3-4-12(15)10-8-9(13)5-6-11(10)14/h5-6,8,12H,2-4,7,15H2,1H3. The van der Waals surface area contributed by atoms with E-state index in [2.05, 4.69) is 15.9 Å². The molecule has 4 heteroatoms. The zero-order chi connectivity index (χ0) is 12.0. The molecule has 0 fully saturated rings. The number of hydrogen-bond acceptors (Lipinski definition) is 2. The van der Waals surface area contributed by atoms with Gasteiger partial charge in [0.2, 0.25) is 0 Å². The van der Waals surface area contributed by atoms with E-state index in [0.29, 0.717) is 18.8 Å². The fourth-order valence-corrected chi connectivity index (χ4v) is 1.88. The van der Waals surface area contributed by atoms with Crippen LogP contribution in [-0.2, 0) is 4.74 Å². The van der Waals surface area contributed by atoms with E-state index in [0.717, 1.165) is 17.3 Å². The number of nitrogens with two attached hydrogens (primary N) is 1. The summed E-state index contributed by atoms with van der Waals surface area (Å²) in [6, 6.07) is 4.58. The topological polar surface area (TPSA) is 35.2 Å². The van der Waals surface area contributed by atoms with Gasteiger partial charge in [-0.05, 0) is 38.0 Å². The van der Waals surface area contributed by atoms with E-state index in [1.54, 1.807) is 12.1 Å². The highest BCUT2D eigenvalue weighted by Crippen LogP contribution is 2.23. The van der Waals surface area contributed by atoms with Gasteiger partial charge < -0.3 is 10.5 Å². The van der Waals surface area contributed by atoms with Gasteiger partial charge >= 0.3 is 0 Å². The molecule has 0 amide bonds. The summed E-state index contributed by atoms with van der Waals surface area (Å²) in [4.78, 5) is 0. The van der Waals surface area contributed by atoms with Crippen LogP contribution < -0.4 is 5.73 Å². The summed E-state index contributed by atoms with van der Waals surface area (Å²) in [7, 11) is 0. The van der Waals surface area contributed by atoms with E-state index in [4.69, 9.17) is 10.5 Å². The highest BCUT2D eigenvalue weighted by atomic mass is 79.9. The summed E-state index contributed by atoms with van der Waals surface area (Å²) in [5, 5.41) is 0. The molecule has 0 bridgehead atoms. The smallest absolute Gasteiger partial charge is 0.128 e. The van der Waals surface area contributed by atoms with Crippen LogP contribution in [0.5, 0.6) is 0 Å². The number of ether oxygens (including phenoxy) is 1. The molecule has 0 heterocycles. The Bertz CT molecular complexity index is 333. The van der Waals surface area contributed by atoms with Crippen molar-refractivity contribution < 1.29 is 9.13 Å². The summed E-state index contributed by atoms with van der Waals surface area (Å²) in [5.41, 5.74) is 6.49. The zero-order valence-corrected chi connectivity index (χ0v) is 11.0. The second-order valence-corrected chi connectivity index (χ2v) is 4.53. The Labute approximate surface area is 104 Å². The van der Waals surface area contributed by atoms with Crippen LogP contribution >= 0.6 is 15.9 Å². The van der Waals surface area contributed by atoms with E-state index in [9.17, 15) is 4.39 Å². The Hall–Kier alpha value is -0.450. The molecular formula is C12H17BrFNO. The predicted octanol–water partition coefficient (Wildman–Crippen LogP) is 3.40. The van der Waals surface area contributed by atoms with Crippen molar-refractivity contribution in [1.82, 2.24) is 0 Å². The third kappa shape index (κ3) is 4.20. The molecule has 0 aliphatic carbocycles. The average molecular weight is 290 g/mol. The van der Waals surface area contributed by atoms with E-state index in [1.165, 1.54) is 6.07 Å². The van der Waals surface area contributed by atoms with Crippen LogP contribution in [-0.4, -0.2) is 13.2 Å². The third-order valence-electron chi connectivity index (χ3n) is 2.37. The van der Waals surface area contributed by atoms with Crippen molar-refractivity contribution in [2.45, 2.75) is 25.8 Å². The molecule has 2 N–H and O–H groups in total. The minimum atomic E-state index is -0.266. The number of hydrogen-bond donors (Lipinski definition) is 1. The molecule has 1 rings (SSSR count). The summed E-state index contributed by atoms with van der Waals surface area (Å²) < 4.78 is 19.5. The molecule has 0 radical (unpaired) electrons. The van der Waals surface area contributed by atoms with Crippen molar-refractivity contribution in [2.75, 3.05) is 13.2 Å². The molecule has 2 nitrogen and oxygen atoms in total. The van der Waals surface area contributed by atoms with Crippen molar-refractivity contribution in [3.05, 3.63) is 34.1 Å². The molecular weight excluding hydrogens is 273 g/mol. The maximum absolute atomic E-state index is 13.5. The van der Waals surface area contributed by atoms with Crippen LogP contribution in [0.3, 0.4) is 0 Å². The molecule has 90 valence electrons. The van der Waals surface area contributed by atoms with E-state index < -0.39 is 0 Å². The van der Waals surface area contributed by atoms with Crippen molar-refractivity contribution in [2.24, 2.45) is 5.73 Å². The molecule has 0 aliphatic heterocycles. The molecule has 0 saturated heterocycles. The lowest BCUT2D eigenvalue weighted by molar-refractivity contribution is 0.142. The minimum absolute atomic E-state index is 0.243. The van der Waals surface area contributed by atoms with Gasteiger partial charge in [-0.2, -0.15) is 0 Å². The second-order valence-electron chi connectivity index (χ2n) is 3.61. The highest BCUT2D eigenvalue weighted by Gasteiger charge is 2.11. The Morgan fingerprint density at radius 2 is 2.25 bits per heavy atom. The lowest BCUT2D eigenvalue weighted by Crippen LogP contribution is -2.13. The molecule has 0 spiro atoms. The first-order valence-corrected chi connectivity index (χ1v) is 6.22. The first-order valence-electron chi connectivity index (χ1n) is 5.43. The van der Waals surface area contributed by atoms with E-state index in [1.807, 2.05) is 6.92 Å². The van der Waals surface area contributed by atoms with Crippen molar-refractivity contribution in [3.8, 4) is 0 Å². The van der Waals surface area contributed by atoms with E-state index >= 15 is 0 Å². The van der Waals surface area contributed by atoms with Crippen LogP contribution in [0.1, 0.15) is 31.4 Å². The predicted molar refractivity (Wildman–Crippen MR) is 66.8 cm³/mol. The van der Waals surface area contributed by atoms with Crippen molar-refractivity contribution in [1.29, 1.82) is 0 Å². The fourth-order valence-electron chi connectivity index (χ4n) is 1.50. The van der Waals surface area contributed by atoms with Crippen LogP contribution in [0, 0.1) is 5.82 Å². The van der Waals surface area contributed by atoms with Gasteiger partial charge in [0, 0.05) is 29.3 Å². The first-order chi connectivity index (χ1) is 7.65. The Balaban J connectivity index is 2.51. The quantitative estimate of drug-likeness (QED) is 0.815. The summed E-state index contributed by atoms with van der Waals surface area (Å²) in [6.07, 6.45) is 1.58. The number of benzene rings is 1. The van der Waals surface area contributed by atoms with Crippen LogP contribution in [0.25, 0.3) is 0 Å². The molecule has 1 aromatic rings. The van der Waals surface area contributed by atoms with Crippen LogP contribution in [0.15, 0.2) is 22.7 Å². The third-order valence-corrected chi connectivity index (χ3v) is 2.86. The Morgan fingerprint density at radius 1 is 1.50 bits per heavy atom. The maximum Gasteiger partial charge on any atom is 0.128 e. The monoisotopic (exact) mass is 289 g/mol. The van der Waals surface area contributed by atoms with Gasteiger partial charge in [0.25, 0.3) is 0 Å². The first kappa shape index (κ1) is 13.6. The maximum atomic E-state index is 13.5. The van der Waals surface area contributed by atoms with Crippen molar-refractivity contribution >= 4 is 15.9 Å². The summed E-state index contributed by atoms with van der Waals surface area (Å²) >= 11 is 3.31. The van der Waals surface area contributed by atoms with Crippen molar-refractivity contribution in [3.63, 3.8) is 0 Å². The molecule has 16 heavy (non-hydrogen) atoms. The Morgan fingerprint density at radius 3 is 2.94 bits per heavy atom. The average Bonchev–Trinajstić information content (AvgIpc) is 2.27. The number of halogens is 2. The second kappa shape index (κ2) is 6.99.